The lowest BCUT2D eigenvalue weighted by Gasteiger charge is -2.31. The smallest absolute Gasteiger partial charge is 0.123 e. The average Bonchev–Trinajstić information content (AvgIpc) is 2.74. The van der Waals surface area contributed by atoms with Crippen LogP contribution in [0.25, 0.3) is 0 Å². The second-order valence-corrected chi connectivity index (χ2v) is 5.56. The van der Waals surface area contributed by atoms with Crippen LogP contribution in [0.1, 0.15) is 49.3 Å². The minimum atomic E-state index is -0.219. The van der Waals surface area contributed by atoms with E-state index in [2.05, 4.69) is 5.32 Å². The van der Waals surface area contributed by atoms with Crippen molar-refractivity contribution in [3.05, 3.63) is 35.1 Å². The molecular weight excluding hydrogens is 229 g/mol. The molecule has 3 heteroatoms. The summed E-state index contributed by atoms with van der Waals surface area (Å²) in [5, 5.41) is 13.6. The highest BCUT2D eigenvalue weighted by molar-refractivity contribution is 5.35. The van der Waals surface area contributed by atoms with Gasteiger partial charge >= 0.3 is 0 Å². The predicted octanol–water partition coefficient (Wildman–Crippen LogP) is 2.71. The van der Waals surface area contributed by atoms with Crippen LogP contribution in [0.15, 0.2) is 18.2 Å². The van der Waals surface area contributed by atoms with Gasteiger partial charge in [-0.05, 0) is 48.9 Å². The molecule has 1 aromatic rings. The summed E-state index contributed by atoms with van der Waals surface area (Å²) < 4.78 is 13.1. The van der Waals surface area contributed by atoms with Crippen LogP contribution in [0.5, 0.6) is 0 Å². The van der Waals surface area contributed by atoms with Gasteiger partial charge in [0, 0.05) is 12.1 Å². The molecule has 1 saturated carbocycles. The third-order valence-corrected chi connectivity index (χ3v) is 4.33. The zero-order chi connectivity index (χ0) is 12.5. The van der Waals surface area contributed by atoms with Crippen LogP contribution >= 0.6 is 0 Å². The van der Waals surface area contributed by atoms with Gasteiger partial charge in [0.25, 0.3) is 0 Å². The molecule has 0 aromatic heterocycles. The van der Waals surface area contributed by atoms with Gasteiger partial charge in [-0.1, -0.05) is 18.9 Å². The van der Waals surface area contributed by atoms with Crippen molar-refractivity contribution in [2.24, 2.45) is 0 Å². The SMILES string of the molecule is OC1CCCCC1NC1CCc2cc(F)ccc21. The van der Waals surface area contributed by atoms with Gasteiger partial charge in [-0.2, -0.15) is 0 Å². The molecule has 2 aliphatic carbocycles. The summed E-state index contributed by atoms with van der Waals surface area (Å²) in [6.07, 6.45) is 6.01. The van der Waals surface area contributed by atoms with Crippen LogP contribution in [0.4, 0.5) is 4.39 Å². The first-order valence-corrected chi connectivity index (χ1v) is 6.96. The first-order valence-electron chi connectivity index (χ1n) is 6.96. The molecule has 0 amide bonds. The number of rotatable bonds is 2. The van der Waals surface area contributed by atoms with E-state index in [9.17, 15) is 9.50 Å². The lowest BCUT2D eigenvalue weighted by atomic mass is 9.91. The normalized spacial score (nSPS) is 31.3. The molecule has 0 radical (unpaired) electrons. The summed E-state index contributed by atoms with van der Waals surface area (Å²) in [7, 11) is 0. The second kappa shape index (κ2) is 4.98. The van der Waals surface area contributed by atoms with Crippen molar-refractivity contribution in [1.82, 2.24) is 5.32 Å². The Kier molecular flexibility index (Phi) is 3.35. The third kappa shape index (κ3) is 2.29. The van der Waals surface area contributed by atoms with E-state index in [1.165, 1.54) is 18.1 Å². The summed E-state index contributed by atoms with van der Waals surface area (Å²) in [5.41, 5.74) is 2.34. The fraction of sp³-hybridized carbons (Fsp3) is 0.600. The Bertz CT molecular complexity index is 435. The molecular formula is C15H20FNO. The monoisotopic (exact) mass is 249 g/mol. The van der Waals surface area contributed by atoms with Crippen molar-refractivity contribution in [2.45, 2.75) is 56.7 Å². The van der Waals surface area contributed by atoms with Gasteiger partial charge in [0.15, 0.2) is 0 Å². The van der Waals surface area contributed by atoms with Crippen LogP contribution in [0, 0.1) is 5.82 Å². The number of aryl methyl sites for hydroxylation is 1. The molecule has 3 atom stereocenters. The van der Waals surface area contributed by atoms with Crippen LogP contribution in [-0.2, 0) is 6.42 Å². The quantitative estimate of drug-likeness (QED) is 0.844. The zero-order valence-corrected chi connectivity index (χ0v) is 10.5. The van der Waals surface area contributed by atoms with Gasteiger partial charge in [-0.3, -0.25) is 0 Å². The highest BCUT2D eigenvalue weighted by Crippen LogP contribution is 2.33. The predicted molar refractivity (Wildman–Crippen MR) is 68.9 cm³/mol. The number of aliphatic hydroxyl groups excluding tert-OH is 1. The van der Waals surface area contributed by atoms with Crippen molar-refractivity contribution in [3.63, 3.8) is 0 Å². The lowest BCUT2D eigenvalue weighted by Crippen LogP contribution is -2.43. The fourth-order valence-electron chi connectivity index (χ4n) is 3.32. The van der Waals surface area contributed by atoms with Crippen molar-refractivity contribution < 1.29 is 9.50 Å². The van der Waals surface area contributed by atoms with Gasteiger partial charge < -0.3 is 10.4 Å². The summed E-state index contributed by atoms with van der Waals surface area (Å²) in [5.74, 6) is -0.146. The second-order valence-electron chi connectivity index (χ2n) is 5.56. The van der Waals surface area contributed by atoms with E-state index in [1.807, 2.05) is 6.07 Å². The first kappa shape index (κ1) is 12.1. The zero-order valence-electron chi connectivity index (χ0n) is 10.5. The molecule has 98 valence electrons. The van der Waals surface area contributed by atoms with E-state index in [0.29, 0.717) is 6.04 Å². The van der Waals surface area contributed by atoms with Crippen LogP contribution in [-0.4, -0.2) is 17.3 Å². The van der Waals surface area contributed by atoms with E-state index in [1.54, 1.807) is 6.07 Å². The average molecular weight is 249 g/mol. The maximum atomic E-state index is 13.1. The fourth-order valence-corrected chi connectivity index (χ4v) is 3.32. The van der Waals surface area contributed by atoms with E-state index < -0.39 is 0 Å². The topological polar surface area (TPSA) is 32.3 Å². The van der Waals surface area contributed by atoms with Crippen molar-refractivity contribution in [2.75, 3.05) is 0 Å². The minimum absolute atomic E-state index is 0.146. The molecule has 2 N–H and O–H groups in total. The summed E-state index contributed by atoms with van der Waals surface area (Å²) in [4.78, 5) is 0. The van der Waals surface area contributed by atoms with Crippen molar-refractivity contribution >= 4 is 0 Å². The Morgan fingerprint density at radius 1 is 1.17 bits per heavy atom. The van der Waals surface area contributed by atoms with Crippen LogP contribution in [0.3, 0.4) is 0 Å². The summed E-state index contributed by atoms with van der Waals surface area (Å²) in [6, 6.07) is 5.58. The maximum Gasteiger partial charge on any atom is 0.123 e. The highest BCUT2D eigenvalue weighted by Gasteiger charge is 2.29. The van der Waals surface area contributed by atoms with Crippen LogP contribution in [0.2, 0.25) is 0 Å². The number of halogens is 1. The van der Waals surface area contributed by atoms with E-state index in [0.717, 1.165) is 37.7 Å². The largest absolute Gasteiger partial charge is 0.392 e. The first-order chi connectivity index (χ1) is 8.74. The van der Waals surface area contributed by atoms with E-state index in [4.69, 9.17) is 0 Å². The summed E-state index contributed by atoms with van der Waals surface area (Å²) >= 11 is 0. The standard InChI is InChI=1S/C15H20FNO/c16-11-6-7-12-10(9-11)5-8-13(12)17-14-3-1-2-4-15(14)18/h6-7,9,13-15,17-18H,1-5,8H2. The molecule has 1 aromatic carbocycles. The molecule has 0 spiro atoms. The molecule has 2 aliphatic rings. The molecule has 3 unspecified atom stereocenters. The van der Waals surface area contributed by atoms with Gasteiger partial charge in [0.1, 0.15) is 5.82 Å². The van der Waals surface area contributed by atoms with Gasteiger partial charge in [-0.15, -0.1) is 0 Å². The van der Waals surface area contributed by atoms with E-state index >= 15 is 0 Å². The number of hydrogen-bond donors (Lipinski definition) is 2. The number of aliphatic hydroxyl groups is 1. The van der Waals surface area contributed by atoms with Crippen LogP contribution < -0.4 is 5.32 Å². The van der Waals surface area contributed by atoms with Gasteiger partial charge in [-0.25, -0.2) is 4.39 Å². The molecule has 0 heterocycles. The Hall–Kier alpha value is -0.930. The van der Waals surface area contributed by atoms with Gasteiger partial charge in [0.05, 0.1) is 6.10 Å². The molecule has 2 nitrogen and oxygen atoms in total. The summed E-state index contributed by atoms with van der Waals surface area (Å²) in [6.45, 7) is 0. The minimum Gasteiger partial charge on any atom is -0.392 e. The molecule has 0 saturated heterocycles. The Morgan fingerprint density at radius 2 is 2.00 bits per heavy atom. The molecule has 3 rings (SSSR count). The number of benzene rings is 1. The lowest BCUT2D eigenvalue weighted by molar-refractivity contribution is 0.0848. The highest BCUT2D eigenvalue weighted by atomic mass is 19.1. The maximum absolute atomic E-state index is 13.1. The Morgan fingerprint density at radius 3 is 2.83 bits per heavy atom. The molecule has 0 bridgehead atoms. The van der Waals surface area contributed by atoms with Crippen molar-refractivity contribution in [1.29, 1.82) is 0 Å². The van der Waals surface area contributed by atoms with Crippen molar-refractivity contribution in [3.8, 4) is 0 Å². The third-order valence-electron chi connectivity index (χ3n) is 4.33. The molecule has 0 aliphatic heterocycles. The number of hydrogen-bond acceptors (Lipinski definition) is 2. The molecule has 18 heavy (non-hydrogen) atoms. The van der Waals surface area contributed by atoms with Gasteiger partial charge in [0.2, 0.25) is 0 Å². The Labute approximate surface area is 107 Å². The number of fused-ring (bicyclic) bond motifs is 1. The van der Waals surface area contributed by atoms with E-state index in [-0.39, 0.29) is 18.0 Å². The molecule has 1 fully saturated rings. The number of nitrogens with one attached hydrogen (secondary N) is 1. The Balaban J connectivity index is 1.72.